The first-order valence-corrected chi connectivity index (χ1v) is 20.6. The summed E-state index contributed by atoms with van der Waals surface area (Å²) in [4.78, 5) is 2.36. The van der Waals surface area contributed by atoms with Gasteiger partial charge in [-0.2, -0.15) is 0 Å². The van der Waals surface area contributed by atoms with E-state index in [9.17, 15) is 0 Å². The second kappa shape index (κ2) is 13.9. The molecule has 272 valence electrons. The molecule has 1 unspecified atom stereocenters. The molecule has 5 heteroatoms. The van der Waals surface area contributed by atoms with Gasteiger partial charge >= 0.3 is 7.44 Å². The maximum absolute atomic E-state index is 16.3. The Labute approximate surface area is 330 Å². The Bertz CT molecular complexity index is 2700. The molecule has 0 amide bonds. The lowest BCUT2D eigenvalue weighted by molar-refractivity contribution is 0.582. The van der Waals surface area contributed by atoms with Gasteiger partial charge in [0.15, 0.2) is 0 Å². The average molecular weight is 744 g/mol. The molecular weight excluding hydrogens is 702 g/mol. The minimum atomic E-state index is -3.55. The van der Waals surface area contributed by atoms with Crippen molar-refractivity contribution < 1.29 is 4.57 Å². The van der Waals surface area contributed by atoms with Gasteiger partial charge in [-0.25, -0.2) is 0 Å². The Hall–Kier alpha value is -6.61. The molecule has 0 N–H and O–H groups in total. The SMILES string of the molecule is C=C/C=C(\C=C)c1cccc(N(c2ccc3c(c2)N(c2ccccc2)P(=O)(c2ccccc2)N3c2ccccc2)c2cccc3c2-c2ccccc2C3(C)C)c1. The molecule has 9 rings (SSSR count). The molecule has 1 aliphatic carbocycles. The van der Waals surface area contributed by atoms with E-state index in [2.05, 4.69) is 126 Å². The van der Waals surface area contributed by atoms with E-state index in [-0.39, 0.29) is 5.41 Å². The Kier molecular flexibility index (Phi) is 8.72. The van der Waals surface area contributed by atoms with Crippen molar-refractivity contribution >= 4 is 58.1 Å². The fraction of sp³-hybridized carbons (Fsp3) is 0.0588. The lowest BCUT2D eigenvalue weighted by atomic mass is 9.82. The van der Waals surface area contributed by atoms with Crippen LogP contribution >= 0.6 is 7.44 Å². The van der Waals surface area contributed by atoms with E-state index in [1.54, 1.807) is 6.08 Å². The van der Waals surface area contributed by atoms with Gasteiger partial charge in [-0.05, 0) is 101 Å². The smallest absolute Gasteiger partial charge is 0.301 e. The van der Waals surface area contributed by atoms with E-state index in [0.29, 0.717) is 0 Å². The summed E-state index contributed by atoms with van der Waals surface area (Å²) < 4.78 is 20.5. The van der Waals surface area contributed by atoms with Crippen LogP contribution in [-0.4, -0.2) is 0 Å². The molecular formula is C51H42N3OP. The van der Waals surface area contributed by atoms with Crippen LogP contribution in [0.15, 0.2) is 207 Å². The highest BCUT2D eigenvalue weighted by Crippen LogP contribution is 2.70. The van der Waals surface area contributed by atoms with Crippen molar-refractivity contribution in [3.63, 3.8) is 0 Å². The van der Waals surface area contributed by atoms with Crippen molar-refractivity contribution in [2.24, 2.45) is 0 Å². The molecule has 1 atom stereocenters. The summed E-state index contributed by atoms with van der Waals surface area (Å²) in [6.45, 7) is 12.7. The number of anilines is 7. The lowest BCUT2D eigenvalue weighted by Gasteiger charge is -2.33. The molecule has 0 fully saturated rings. The van der Waals surface area contributed by atoms with Gasteiger partial charge in [0.25, 0.3) is 0 Å². The maximum atomic E-state index is 16.3. The molecule has 1 aliphatic heterocycles. The van der Waals surface area contributed by atoms with Gasteiger partial charge in [-0.1, -0.05) is 148 Å². The third kappa shape index (κ3) is 5.48. The molecule has 7 aromatic rings. The summed E-state index contributed by atoms with van der Waals surface area (Å²) >= 11 is 0. The van der Waals surface area contributed by atoms with Gasteiger partial charge in [0.1, 0.15) is 0 Å². The molecule has 0 saturated carbocycles. The molecule has 56 heavy (non-hydrogen) atoms. The Balaban J connectivity index is 1.34. The van der Waals surface area contributed by atoms with E-state index in [0.717, 1.165) is 56.3 Å². The first kappa shape index (κ1) is 35.1. The number of benzene rings is 7. The van der Waals surface area contributed by atoms with Crippen LogP contribution < -0.4 is 19.5 Å². The van der Waals surface area contributed by atoms with Gasteiger partial charge in [0.2, 0.25) is 0 Å². The highest BCUT2D eigenvalue weighted by atomic mass is 31.2. The van der Waals surface area contributed by atoms with Crippen LogP contribution in [0.25, 0.3) is 16.7 Å². The summed E-state index contributed by atoms with van der Waals surface area (Å²) in [5.41, 5.74) is 13.3. The quantitative estimate of drug-likeness (QED) is 0.109. The predicted octanol–water partition coefficient (Wildman–Crippen LogP) is 14.0. The summed E-state index contributed by atoms with van der Waals surface area (Å²) in [7, 11) is -3.55. The van der Waals surface area contributed by atoms with E-state index in [4.69, 9.17) is 0 Å². The van der Waals surface area contributed by atoms with Crippen molar-refractivity contribution in [3.05, 3.63) is 224 Å². The number of nitrogens with zero attached hydrogens (tertiary/aromatic N) is 3. The van der Waals surface area contributed by atoms with Crippen molar-refractivity contribution in [2.75, 3.05) is 14.2 Å². The van der Waals surface area contributed by atoms with Crippen LogP contribution in [0.3, 0.4) is 0 Å². The summed E-state index contributed by atoms with van der Waals surface area (Å²) in [6, 6.07) is 60.7. The van der Waals surface area contributed by atoms with Crippen molar-refractivity contribution in [2.45, 2.75) is 19.3 Å². The molecule has 7 aromatic carbocycles. The van der Waals surface area contributed by atoms with Crippen LogP contribution in [0, 0.1) is 0 Å². The van der Waals surface area contributed by atoms with Crippen molar-refractivity contribution in [1.82, 2.24) is 0 Å². The third-order valence-electron chi connectivity index (χ3n) is 11.1. The van der Waals surface area contributed by atoms with Gasteiger partial charge in [-0.15, -0.1) is 0 Å². The Morgan fingerprint density at radius 3 is 1.88 bits per heavy atom. The average Bonchev–Trinajstić information content (AvgIpc) is 3.65. The standard InChI is InChI=1S/C51H42N3OP/c1-5-20-37(6-2)38-21-18-26-41(35-38)52(48-32-19-31-46-50(48)44-29-16-17-30-45(44)51(46,3)4)42-33-34-47-49(36-42)54(40-24-12-8-13-25-40)56(55,43-27-14-9-15-28-43)53(47)39-22-10-7-11-23-39/h5-36H,1-2H2,3-4H3/b37-20+. The van der Waals surface area contributed by atoms with E-state index >= 15 is 4.57 Å². The van der Waals surface area contributed by atoms with Gasteiger partial charge < -0.3 is 4.90 Å². The summed E-state index contributed by atoms with van der Waals surface area (Å²) in [5, 5.41) is 0.751. The molecule has 0 saturated heterocycles. The molecule has 1 heterocycles. The molecule has 4 nitrogen and oxygen atoms in total. The van der Waals surface area contributed by atoms with Crippen molar-refractivity contribution in [1.29, 1.82) is 0 Å². The minimum absolute atomic E-state index is 0.182. The molecule has 0 bridgehead atoms. The Morgan fingerprint density at radius 1 is 0.607 bits per heavy atom. The van der Waals surface area contributed by atoms with Crippen LogP contribution in [0.4, 0.5) is 39.8 Å². The maximum Gasteiger partial charge on any atom is 0.301 e. The monoisotopic (exact) mass is 743 g/mol. The molecule has 0 radical (unpaired) electrons. The zero-order chi connectivity index (χ0) is 38.4. The second-order valence-corrected chi connectivity index (χ2v) is 17.1. The number of hydrogen-bond acceptors (Lipinski definition) is 2. The van der Waals surface area contributed by atoms with E-state index in [1.807, 2.05) is 103 Å². The Morgan fingerprint density at radius 2 is 1.20 bits per heavy atom. The highest BCUT2D eigenvalue weighted by Gasteiger charge is 2.49. The number of hydrogen-bond donors (Lipinski definition) is 0. The number of fused-ring (bicyclic) bond motifs is 4. The minimum Gasteiger partial charge on any atom is -0.310 e. The summed E-state index contributed by atoms with van der Waals surface area (Å²) in [5.74, 6) is 0. The number of rotatable bonds is 9. The second-order valence-electron chi connectivity index (χ2n) is 14.7. The van der Waals surface area contributed by atoms with E-state index < -0.39 is 7.44 Å². The predicted molar refractivity (Wildman–Crippen MR) is 238 cm³/mol. The topological polar surface area (TPSA) is 26.8 Å². The van der Waals surface area contributed by atoms with Crippen LogP contribution in [0.5, 0.6) is 0 Å². The van der Waals surface area contributed by atoms with Crippen molar-refractivity contribution in [3.8, 4) is 11.1 Å². The highest BCUT2D eigenvalue weighted by molar-refractivity contribution is 7.76. The lowest BCUT2D eigenvalue weighted by Crippen LogP contribution is -2.26. The number of para-hydroxylation sites is 2. The third-order valence-corrected chi connectivity index (χ3v) is 14.0. The zero-order valence-electron chi connectivity index (χ0n) is 31.6. The summed E-state index contributed by atoms with van der Waals surface area (Å²) in [6.07, 6.45) is 5.66. The molecule has 0 aromatic heterocycles. The molecule has 0 spiro atoms. The van der Waals surface area contributed by atoms with Crippen LogP contribution in [0.1, 0.15) is 30.5 Å². The van der Waals surface area contributed by atoms with Gasteiger partial charge in [0.05, 0.1) is 22.4 Å². The van der Waals surface area contributed by atoms with Gasteiger partial charge in [0, 0.05) is 33.7 Å². The van der Waals surface area contributed by atoms with Gasteiger partial charge in [-0.3, -0.25) is 13.9 Å². The fourth-order valence-electron chi connectivity index (χ4n) is 8.55. The number of allylic oxidation sites excluding steroid dienone is 4. The molecule has 2 aliphatic rings. The largest absolute Gasteiger partial charge is 0.310 e. The zero-order valence-corrected chi connectivity index (χ0v) is 32.5. The first-order chi connectivity index (χ1) is 27.4. The van der Waals surface area contributed by atoms with Crippen LogP contribution in [-0.2, 0) is 9.98 Å². The first-order valence-electron chi connectivity index (χ1n) is 19.0. The normalized spacial score (nSPS) is 16.5. The van der Waals surface area contributed by atoms with Crippen LogP contribution in [0.2, 0.25) is 0 Å². The fourth-order valence-corrected chi connectivity index (χ4v) is 11.6. The van der Waals surface area contributed by atoms with E-state index in [1.165, 1.54) is 22.3 Å².